The third kappa shape index (κ3) is 5.88. The standard InChI is InChI=1S/C24H27ClN2O2S/c1-19-5-7-20(8-6-19)9-10-24(17-27-12-11-26-18-27)28-14-23(29-24)16-30-15-21-3-2-4-22(25)13-21/h2-8,11-13,18,23H,9-10,14-17H2,1H3. The smallest absolute Gasteiger partial charge is 0.187 e. The van der Waals surface area contributed by atoms with Crippen LogP contribution in [0, 0.1) is 6.92 Å². The molecule has 0 saturated carbocycles. The van der Waals surface area contributed by atoms with E-state index in [9.17, 15) is 0 Å². The van der Waals surface area contributed by atoms with Gasteiger partial charge in [0.2, 0.25) is 0 Å². The van der Waals surface area contributed by atoms with Gasteiger partial charge < -0.3 is 14.0 Å². The second-order valence-electron chi connectivity index (χ2n) is 7.83. The van der Waals surface area contributed by atoms with Crippen LogP contribution < -0.4 is 0 Å². The van der Waals surface area contributed by atoms with E-state index in [1.807, 2.05) is 47.1 Å². The van der Waals surface area contributed by atoms with Crippen molar-refractivity contribution in [2.45, 2.75) is 44.0 Å². The average Bonchev–Trinajstić information content (AvgIpc) is 3.39. The van der Waals surface area contributed by atoms with Crippen LogP contribution in [0.3, 0.4) is 0 Å². The minimum absolute atomic E-state index is 0.0794. The summed E-state index contributed by atoms with van der Waals surface area (Å²) in [6.45, 7) is 3.37. The molecule has 1 aliphatic heterocycles. The van der Waals surface area contributed by atoms with Gasteiger partial charge in [-0.3, -0.25) is 0 Å². The minimum atomic E-state index is -0.618. The van der Waals surface area contributed by atoms with Crippen molar-refractivity contribution in [1.29, 1.82) is 0 Å². The largest absolute Gasteiger partial charge is 0.345 e. The van der Waals surface area contributed by atoms with Gasteiger partial charge in [0.1, 0.15) is 0 Å². The predicted octanol–water partition coefficient (Wildman–Crippen LogP) is 5.52. The first-order chi connectivity index (χ1) is 14.6. The fraction of sp³-hybridized carbons (Fsp3) is 0.375. The van der Waals surface area contributed by atoms with Crippen molar-refractivity contribution in [1.82, 2.24) is 9.55 Å². The Kier molecular flexibility index (Phi) is 7.16. The molecule has 0 amide bonds. The second-order valence-corrected chi connectivity index (χ2v) is 9.29. The maximum absolute atomic E-state index is 6.51. The van der Waals surface area contributed by atoms with Crippen molar-refractivity contribution in [3.8, 4) is 0 Å². The molecular weight excluding hydrogens is 416 g/mol. The highest BCUT2D eigenvalue weighted by atomic mass is 35.5. The molecule has 2 atom stereocenters. The van der Waals surface area contributed by atoms with Gasteiger partial charge in [0.05, 0.1) is 25.6 Å². The van der Waals surface area contributed by atoms with Crippen LogP contribution in [0.25, 0.3) is 0 Å². The summed E-state index contributed by atoms with van der Waals surface area (Å²) in [6, 6.07) is 16.7. The number of ether oxygens (including phenoxy) is 2. The van der Waals surface area contributed by atoms with E-state index in [2.05, 4.69) is 42.2 Å². The van der Waals surface area contributed by atoms with Crippen LogP contribution in [-0.2, 0) is 28.2 Å². The van der Waals surface area contributed by atoms with Crippen LogP contribution in [0.4, 0.5) is 0 Å². The van der Waals surface area contributed by atoms with Crippen LogP contribution in [0.2, 0.25) is 5.02 Å². The molecule has 1 saturated heterocycles. The Bertz CT molecular complexity index is 933. The molecule has 0 spiro atoms. The van der Waals surface area contributed by atoms with E-state index in [4.69, 9.17) is 21.1 Å². The van der Waals surface area contributed by atoms with Crippen molar-refractivity contribution in [3.63, 3.8) is 0 Å². The number of aromatic nitrogens is 2. The first kappa shape index (κ1) is 21.4. The van der Waals surface area contributed by atoms with Gasteiger partial charge >= 0.3 is 0 Å². The van der Waals surface area contributed by atoms with Crippen LogP contribution >= 0.6 is 23.4 Å². The Morgan fingerprint density at radius 2 is 2.07 bits per heavy atom. The topological polar surface area (TPSA) is 36.3 Å². The van der Waals surface area contributed by atoms with Gasteiger partial charge in [-0.25, -0.2) is 4.98 Å². The molecule has 0 N–H and O–H groups in total. The van der Waals surface area contributed by atoms with Crippen LogP contribution in [0.15, 0.2) is 67.3 Å². The molecule has 4 rings (SSSR count). The van der Waals surface area contributed by atoms with E-state index in [0.29, 0.717) is 13.2 Å². The molecule has 2 unspecified atom stereocenters. The zero-order valence-corrected chi connectivity index (χ0v) is 18.7. The number of hydrogen-bond donors (Lipinski definition) is 0. The van der Waals surface area contributed by atoms with E-state index in [0.717, 1.165) is 29.4 Å². The van der Waals surface area contributed by atoms with Crippen LogP contribution in [0.1, 0.15) is 23.1 Å². The highest BCUT2D eigenvalue weighted by molar-refractivity contribution is 7.98. The number of aryl methyl sites for hydroxylation is 2. The lowest BCUT2D eigenvalue weighted by Gasteiger charge is -2.28. The number of thioether (sulfide) groups is 1. The summed E-state index contributed by atoms with van der Waals surface area (Å²) in [4.78, 5) is 4.17. The first-order valence-electron chi connectivity index (χ1n) is 10.3. The summed E-state index contributed by atoms with van der Waals surface area (Å²) in [5.74, 6) is 1.19. The maximum atomic E-state index is 6.51. The Morgan fingerprint density at radius 1 is 1.20 bits per heavy atom. The SMILES string of the molecule is Cc1ccc(CCC2(Cn3ccnc3)OCC(CSCc3cccc(Cl)c3)O2)cc1. The molecule has 0 aliphatic carbocycles. The summed E-state index contributed by atoms with van der Waals surface area (Å²) < 4.78 is 14.8. The van der Waals surface area contributed by atoms with E-state index >= 15 is 0 Å². The van der Waals surface area contributed by atoms with Crippen LogP contribution in [0.5, 0.6) is 0 Å². The molecule has 3 aromatic rings. The molecule has 158 valence electrons. The van der Waals surface area contributed by atoms with Crippen molar-refractivity contribution in [3.05, 3.63) is 89.0 Å². The maximum Gasteiger partial charge on any atom is 0.187 e. The summed E-state index contributed by atoms with van der Waals surface area (Å²) in [5, 5.41) is 0.781. The van der Waals surface area contributed by atoms with E-state index in [1.165, 1.54) is 16.7 Å². The molecule has 2 aromatic carbocycles. The number of nitrogens with zero attached hydrogens (tertiary/aromatic N) is 2. The fourth-order valence-electron chi connectivity index (χ4n) is 3.67. The Labute approximate surface area is 187 Å². The number of imidazole rings is 1. The first-order valence-corrected chi connectivity index (χ1v) is 11.8. The Hall–Kier alpha value is -1.79. The fourth-order valence-corrected chi connectivity index (χ4v) is 4.85. The summed E-state index contributed by atoms with van der Waals surface area (Å²) in [6.07, 6.45) is 7.38. The molecule has 2 heterocycles. The lowest BCUT2D eigenvalue weighted by Crippen LogP contribution is -2.37. The number of hydrogen-bond acceptors (Lipinski definition) is 4. The summed E-state index contributed by atoms with van der Waals surface area (Å²) >= 11 is 7.94. The number of rotatable bonds is 9. The molecular formula is C24H27ClN2O2S. The zero-order chi connectivity index (χ0) is 20.8. The third-order valence-corrected chi connectivity index (χ3v) is 6.65. The van der Waals surface area contributed by atoms with Crippen molar-refractivity contribution in [2.24, 2.45) is 0 Å². The van der Waals surface area contributed by atoms with Crippen LogP contribution in [-0.4, -0.2) is 33.8 Å². The molecule has 6 heteroatoms. The highest BCUT2D eigenvalue weighted by Crippen LogP contribution is 2.32. The predicted molar refractivity (Wildman–Crippen MR) is 123 cm³/mol. The lowest BCUT2D eigenvalue weighted by molar-refractivity contribution is -0.180. The normalized spacial score (nSPS) is 21.2. The summed E-state index contributed by atoms with van der Waals surface area (Å²) in [7, 11) is 0. The number of halogens is 1. The highest BCUT2D eigenvalue weighted by Gasteiger charge is 2.41. The van der Waals surface area contributed by atoms with Gasteiger partial charge in [0, 0.05) is 35.3 Å². The molecule has 1 aliphatic rings. The van der Waals surface area contributed by atoms with Gasteiger partial charge in [-0.2, -0.15) is 11.8 Å². The number of benzene rings is 2. The van der Waals surface area contributed by atoms with Crippen molar-refractivity contribution < 1.29 is 9.47 Å². The molecule has 1 fully saturated rings. The van der Waals surface area contributed by atoms with E-state index in [-0.39, 0.29) is 6.10 Å². The Balaban J connectivity index is 1.35. The van der Waals surface area contributed by atoms with Crippen molar-refractivity contribution >= 4 is 23.4 Å². The molecule has 0 bridgehead atoms. The van der Waals surface area contributed by atoms with Gasteiger partial charge in [-0.05, 0) is 36.6 Å². The monoisotopic (exact) mass is 442 g/mol. The molecule has 30 heavy (non-hydrogen) atoms. The van der Waals surface area contributed by atoms with E-state index < -0.39 is 5.79 Å². The molecule has 1 aromatic heterocycles. The van der Waals surface area contributed by atoms with Gasteiger partial charge in [0.25, 0.3) is 0 Å². The van der Waals surface area contributed by atoms with Gasteiger partial charge in [-0.1, -0.05) is 53.6 Å². The second kappa shape index (κ2) is 10.0. The van der Waals surface area contributed by atoms with E-state index in [1.54, 1.807) is 6.20 Å². The third-order valence-electron chi connectivity index (χ3n) is 5.27. The zero-order valence-electron chi connectivity index (χ0n) is 17.2. The quantitative estimate of drug-likeness (QED) is 0.437. The van der Waals surface area contributed by atoms with Gasteiger partial charge in [0.15, 0.2) is 5.79 Å². The Morgan fingerprint density at radius 3 is 2.83 bits per heavy atom. The average molecular weight is 443 g/mol. The lowest BCUT2D eigenvalue weighted by atomic mass is 10.0. The molecule has 0 radical (unpaired) electrons. The minimum Gasteiger partial charge on any atom is -0.345 e. The molecule has 4 nitrogen and oxygen atoms in total. The summed E-state index contributed by atoms with van der Waals surface area (Å²) in [5.41, 5.74) is 3.81. The van der Waals surface area contributed by atoms with Gasteiger partial charge in [-0.15, -0.1) is 0 Å². The van der Waals surface area contributed by atoms with Crippen molar-refractivity contribution in [2.75, 3.05) is 12.4 Å².